The Labute approximate surface area is 68.3 Å². The van der Waals surface area contributed by atoms with Gasteiger partial charge in [-0.2, -0.15) is 0 Å². The van der Waals surface area contributed by atoms with E-state index >= 15 is 0 Å². The van der Waals surface area contributed by atoms with Crippen LogP contribution >= 0.6 is 0 Å². The Bertz CT molecular complexity index is 231. The third-order valence-corrected chi connectivity index (χ3v) is 2.11. The summed E-state index contributed by atoms with van der Waals surface area (Å²) in [5, 5.41) is 0. The van der Waals surface area contributed by atoms with E-state index in [2.05, 4.69) is 26.0 Å². The van der Waals surface area contributed by atoms with Crippen LogP contribution in [0.3, 0.4) is 0 Å². The molecule has 60 valence electrons. The van der Waals surface area contributed by atoms with Crippen LogP contribution in [0.1, 0.15) is 26.7 Å². The Morgan fingerprint density at radius 1 is 1.64 bits per heavy atom. The van der Waals surface area contributed by atoms with E-state index in [1.54, 1.807) is 6.20 Å². The van der Waals surface area contributed by atoms with E-state index in [1.165, 1.54) is 29.6 Å². The molecule has 0 heterocycles. The van der Waals surface area contributed by atoms with Gasteiger partial charge in [-0.3, -0.25) is 0 Å². The number of hydrogen-bond acceptors (Lipinski definition) is 1. The summed E-state index contributed by atoms with van der Waals surface area (Å²) < 4.78 is 0. The summed E-state index contributed by atoms with van der Waals surface area (Å²) in [6, 6.07) is 0. The zero-order valence-corrected chi connectivity index (χ0v) is 7.22. The topological polar surface area (TPSA) is 26.0 Å². The standard InChI is InChI=1S/C10H15N/c1-8-5-3-4-6-10(8)9(2)7-11/h4,6-7H,3,5,11H2,1-2H3/b9-7-. The molecule has 0 aromatic rings. The fourth-order valence-corrected chi connectivity index (χ4v) is 1.34. The summed E-state index contributed by atoms with van der Waals surface area (Å²) >= 11 is 0. The van der Waals surface area contributed by atoms with Crippen molar-refractivity contribution in [1.29, 1.82) is 0 Å². The molecule has 0 bridgehead atoms. The Morgan fingerprint density at radius 2 is 2.36 bits per heavy atom. The van der Waals surface area contributed by atoms with Crippen LogP contribution in [0.2, 0.25) is 0 Å². The van der Waals surface area contributed by atoms with Crippen molar-refractivity contribution in [2.24, 2.45) is 5.73 Å². The predicted octanol–water partition coefficient (Wildman–Crippen LogP) is 2.52. The van der Waals surface area contributed by atoms with Gasteiger partial charge in [0.15, 0.2) is 0 Å². The van der Waals surface area contributed by atoms with Gasteiger partial charge in [-0.1, -0.05) is 17.7 Å². The van der Waals surface area contributed by atoms with Gasteiger partial charge in [-0.15, -0.1) is 0 Å². The molecule has 1 heteroatoms. The molecule has 0 saturated carbocycles. The lowest BCUT2D eigenvalue weighted by Gasteiger charge is -2.12. The normalized spacial score (nSPS) is 19.3. The molecule has 1 aliphatic rings. The second kappa shape index (κ2) is 3.42. The summed E-state index contributed by atoms with van der Waals surface area (Å²) in [7, 11) is 0. The second-order valence-electron chi connectivity index (χ2n) is 2.98. The van der Waals surface area contributed by atoms with Crippen LogP contribution in [0.15, 0.2) is 35.1 Å². The van der Waals surface area contributed by atoms with E-state index < -0.39 is 0 Å². The summed E-state index contributed by atoms with van der Waals surface area (Å²) in [5.41, 5.74) is 9.38. The highest BCUT2D eigenvalue weighted by Gasteiger charge is 2.04. The maximum atomic E-state index is 5.44. The molecule has 1 rings (SSSR count). The molecule has 0 aliphatic heterocycles. The lowest BCUT2D eigenvalue weighted by Crippen LogP contribution is -1.95. The third-order valence-electron chi connectivity index (χ3n) is 2.11. The Balaban J connectivity index is 2.93. The van der Waals surface area contributed by atoms with Crippen molar-refractivity contribution in [1.82, 2.24) is 0 Å². The minimum Gasteiger partial charge on any atom is -0.404 e. The first-order valence-electron chi connectivity index (χ1n) is 4.01. The van der Waals surface area contributed by atoms with Gasteiger partial charge >= 0.3 is 0 Å². The highest BCUT2D eigenvalue weighted by molar-refractivity contribution is 5.43. The average Bonchev–Trinajstić information content (AvgIpc) is 2.04. The van der Waals surface area contributed by atoms with Crippen molar-refractivity contribution >= 4 is 0 Å². The summed E-state index contributed by atoms with van der Waals surface area (Å²) in [4.78, 5) is 0. The molecule has 0 fully saturated rings. The van der Waals surface area contributed by atoms with Crippen molar-refractivity contribution in [3.05, 3.63) is 35.1 Å². The van der Waals surface area contributed by atoms with Crippen molar-refractivity contribution in [2.45, 2.75) is 26.7 Å². The minimum absolute atomic E-state index is 1.17. The molecule has 0 aromatic heterocycles. The molecule has 0 saturated heterocycles. The first kappa shape index (κ1) is 8.12. The van der Waals surface area contributed by atoms with Gasteiger partial charge in [0.2, 0.25) is 0 Å². The molecular weight excluding hydrogens is 134 g/mol. The van der Waals surface area contributed by atoms with Gasteiger partial charge in [0.05, 0.1) is 0 Å². The van der Waals surface area contributed by atoms with E-state index in [0.717, 1.165) is 0 Å². The molecule has 0 unspecified atom stereocenters. The van der Waals surface area contributed by atoms with Crippen LogP contribution in [0.4, 0.5) is 0 Å². The van der Waals surface area contributed by atoms with Gasteiger partial charge in [0, 0.05) is 0 Å². The van der Waals surface area contributed by atoms with Gasteiger partial charge in [0.25, 0.3) is 0 Å². The van der Waals surface area contributed by atoms with Crippen LogP contribution in [0.5, 0.6) is 0 Å². The summed E-state index contributed by atoms with van der Waals surface area (Å²) in [5.74, 6) is 0. The van der Waals surface area contributed by atoms with Crippen LogP contribution in [-0.2, 0) is 0 Å². The fourth-order valence-electron chi connectivity index (χ4n) is 1.34. The zero-order valence-electron chi connectivity index (χ0n) is 7.22. The van der Waals surface area contributed by atoms with Gasteiger partial charge in [-0.05, 0) is 44.0 Å². The molecule has 1 nitrogen and oxygen atoms in total. The van der Waals surface area contributed by atoms with E-state index in [1.807, 2.05) is 0 Å². The van der Waals surface area contributed by atoms with Crippen molar-refractivity contribution in [3.63, 3.8) is 0 Å². The lowest BCUT2D eigenvalue weighted by atomic mass is 9.94. The van der Waals surface area contributed by atoms with E-state index in [4.69, 9.17) is 5.73 Å². The van der Waals surface area contributed by atoms with Crippen molar-refractivity contribution in [2.75, 3.05) is 0 Å². The predicted molar refractivity (Wildman–Crippen MR) is 49.0 cm³/mol. The maximum Gasteiger partial charge on any atom is -0.00265 e. The van der Waals surface area contributed by atoms with E-state index in [9.17, 15) is 0 Å². The monoisotopic (exact) mass is 149 g/mol. The summed E-state index contributed by atoms with van der Waals surface area (Å²) in [6.45, 7) is 4.22. The molecule has 0 amide bonds. The van der Waals surface area contributed by atoms with E-state index in [-0.39, 0.29) is 0 Å². The molecule has 0 aromatic carbocycles. The Hall–Kier alpha value is -0.980. The number of nitrogens with two attached hydrogens (primary N) is 1. The van der Waals surface area contributed by atoms with Crippen LogP contribution in [-0.4, -0.2) is 0 Å². The molecule has 0 radical (unpaired) electrons. The molecule has 2 N–H and O–H groups in total. The quantitative estimate of drug-likeness (QED) is 0.609. The smallest absolute Gasteiger partial charge is 0.00265 e. The van der Waals surface area contributed by atoms with Crippen LogP contribution < -0.4 is 5.73 Å². The van der Waals surface area contributed by atoms with Crippen LogP contribution in [0, 0.1) is 0 Å². The number of hydrogen-bond donors (Lipinski definition) is 1. The van der Waals surface area contributed by atoms with Crippen molar-refractivity contribution in [3.8, 4) is 0 Å². The van der Waals surface area contributed by atoms with Crippen molar-refractivity contribution < 1.29 is 0 Å². The minimum atomic E-state index is 1.17. The van der Waals surface area contributed by atoms with Gasteiger partial charge < -0.3 is 5.73 Å². The highest BCUT2D eigenvalue weighted by Crippen LogP contribution is 2.23. The van der Waals surface area contributed by atoms with Crippen LogP contribution in [0.25, 0.3) is 0 Å². The molecule has 0 spiro atoms. The largest absolute Gasteiger partial charge is 0.404 e. The Morgan fingerprint density at radius 3 is 2.91 bits per heavy atom. The SMILES string of the molecule is CC1=C(/C(C)=C\N)C=CCC1. The highest BCUT2D eigenvalue weighted by atomic mass is 14.5. The third kappa shape index (κ3) is 1.73. The number of allylic oxidation sites excluding steroid dienone is 5. The molecular formula is C10H15N. The number of rotatable bonds is 1. The maximum absolute atomic E-state index is 5.44. The molecule has 1 aliphatic carbocycles. The van der Waals surface area contributed by atoms with Gasteiger partial charge in [0.1, 0.15) is 0 Å². The fraction of sp³-hybridized carbons (Fsp3) is 0.400. The zero-order chi connectivity index (χ0) is 8.27. The first-order chi connectivity index (χ1) is 5.25. The molecule has 11 heavy (non-hydrogen) atoms. The second-order valence-corrected chi connectivity index (χ2v) is 2.98. The molecule has 0 atom stereocenters. The van der Waals surface area contributed by atoms with Gasteiger partial charge in [-0.25, -0.2) is 0 Å². The van der Waals surface area contributed by atoms with E-state index in [0.29, 0.717) is 0 Å². The average molecular weight is 149 g/mol. The lowest BCUT2D eigenvalue weighted by molar-refractivity contribution is 0.941. The first-order valence-corrected chi connectivity index (χ1v) is 4.01. The summed E-state index contributed by atoms with van der Waals surface area (Å²) in [6.07, 6.45) is 8.39. The Kier molecular flexibility index (Phi) is 2.53.